The van der Waals surface area contributed by atoms with Crippen molar-refractivity contribution < 1.29 is 16.8 Å². The summed E-state index contributed by atoms with van der Waals surface area (Å²) in [7, 11) is 1.71. The Bertz CT molecular complexity index is 560. The summed E-state index contributed by atoms with van der Waals surface area (Å²) < 4.78 is 43.1. The fourth-order valence-corrected chi connectivity index (χ4v) is 5.63. The first-order valence-electron chi connectivity index (χ1n) is 3.98. The first-order chi connectivity index (χ1) is 7.01. The minimum atomic E-state index is -4.35. The van der Waals surface area contributed by atoms with Gasteiger partial charge >= 0.3 is 0 Å². The van der Waals surface area contributed by atoms with Crippen LogP contribution in [0.4, 0.5) is 0 Å². The van der Waals surface area contributed by atoms with Gasteiger partial charge in [0.05, 0.1) is 4.91 Å². The maximum atomic E-state index is 11.4. The lowest BCUT2D eigenvalue weighted by atomic mass is 10.0. The normalized spacial score (nSPS) is 31.2. The minimum Gasteiger partial charge on any atom is -0.210 e. The van der Waals surface area contributed by atoms with Crippen LogP contribution >= 0.6 is 33.0 Å². The van der Waals surface area contributed by atoms with Gasteiger partial charge in [0.25, 0.3) is 18.1 Å². The Labute approximate surface area is 108 Å². The number of allylic oxidation sites excluding steroid dienone is 3. The third-order valence-corrected chi connectivity index (χ3v) is 7.34. The smallest absolute Gasteiger partial charge is 0.210 e. The molecule has 0 saturated heterocycles. The van der Waals surface area contributed by atoms with Crippen LogP contribution in [-0.2, 0) is 18.1 Å². The summed E-state index contributed by atoms with van der Waals surface area (Å²) in [5, 5.41) is 0. The maximum absolute atomic E-state index is 11.4. The van der Waals surface area contributed by atoms with Gasteiger partial charge in [0.1, 0.15) is 0 Å². The molecular weight excluding hydrogens is 319 g/mol. The molecule has 0 saturated carbocycles. The summed E-state index contributed by atoms with van der Waals surface area (Å²) in [4.78, 5) is -0.631. The second kappa shape index (κ2) is 4.17. The van der Waals surface area contributed by atoms with Gasteiger partial charge in [-0.15, -0.1) is 0 Å². The van der Waals surface area contributed by atoms with Crippen LogP contribution in [0.5, 0.6) is 0 Å². The maximum Gasteiger partial charge on any atom is 0.260 e. The summed E-state index contributed by atoms with van der Waals surface area (Å²) in [5.41, 5.74) is 0. The van der Waals surface area contributed by atoms with E-state index < -0.39 is 33.1 Å². The summed E-state index contributed by atoms with van der Waals surface area (Å²) >= 11 is 5.85. The van der Waals surface area contributed by atoms with Crippen LogP contribution in [-0.4, -0.2) is 21.0 Å². The van der Waals surface area contributed by atoms with E-state index in [0.717, 1.165) is 6.08 Å². The second-order valence-electron chi connectivity index (χ2n) is 3.23. The Hall–Kier alpha value is 0.250. The molecule has 0 heterocycles. The van der Waals surface area contributed by atoms with E-state index in [4.69, 9.17) is 33.0 Å². The Morgan fingerprint density at radius 1 is 1.25 bits per heavy atom. The summed E-state index contributed by atoms with van der Waals surface area (Å²) in [6, 6.07) is 0. The van der Waals surface area contributed by atoms with E-state index in [2.05, 4.69) is 0 Å². The Morgan fingerprint density at radius 2 is 1.75 bits per heavy atom. The molecule has 4 nitrogen and oxygen atoms in total. The minimum absolute atomic E-state index is 0.631. The van der Waals surface area contributed by atoms with Gasteiger partial charge in [0, 0.05) is 27.3 Å². The molecule has 0 radical (unpaired) electrons. The van der Waals surface area contributed by atoms with Gasteiger partial charge in [0.2, 0.25) is 4.21 Å². The molecule has 1 rings (SSSR count). The highest BCUT2D eigenvalue weighted by Gasteiger charge is 2.53. The molecule has 0 N–H and O–H groups in total. The lowest BCUT2D eigenvalue weighted by molar-refractivity contribution is 0.562. The molecule has 1 aliphatic carbocycles. The number of halogens is 3. The highest BCUT2D eigenvalue weighted by atomic mass is 35.7. The van der Waals surface area contributed by atoms with Crippen LogP contribution in [0.1, 0.15) is 6.92 Å². The van der Waals surface area contributed by atoms with E-state index in [1.807, 2.05) is 0 Å². The van der Waals surface area contributed by atoms with Crippen molar-refractivity contribution in [3.05, 3.63) is 23.1 Å². The molecule has 0 fully saturated rings. The summed E-state index contributed by atoms with van der Waals surface area (Å²) in [6.07, 6.45) is 3.82. The number of hydrogen-bond donors (Lipinski definition) is 0. The van der Waals surface area contributed by atoms with Crippen molar-refractivity contribution in [1.29, 1.82) is 0 Å². The van der Waals surface area contributed by atoms with Crippen molar-refractivity contribution in [1.82, 2.24) is 0 Å². The van der Waals surface area contributed by atoms with Crippen molar-refractivity contribution in [3.63, 3.8) is 0 Å². The van der Waals surface area contributed by atoms with Crippen molar-refractivity contribution in [2.45, 2.75) is 11.1 Å². The van der Waals surface area contributed by atoms with Gasteiger partial charge in [-0.25, -0.2) is 16.8 Å². The molecule has 0 aliphatic heterocycles. The third-order valence-electron chi connectivity index (χ3n) is 2.19. The topological polar surface area (TPSA) is 68.3 Å². The monoisotopic (exact) mass is 324 g/mol. The van der Waals surface area contributed by atoms with Crippen molar-refractivity contribution in [2.24, 2.45) is 5.92 Å². The predicted molar refractivity (Wildman–Crippen MR) is 64.5 cm³/mol. The van der Waals surface area contributed by atoms with Crippen LogP contribution in [0.25, 0.3) is 0 Å². The number of alkyl halides is 1. The SMILES string of the molecule is CC1C=CC=C(S(=O)(=O)Cl)C1(Cl)S(=O)(=O)Cl. The molecule has 92 valence electrons. The largest absolute Gasteiger partial charge is 0.260 e. The average molecular weight is 326 g/mol. The molecule has 0 aromatic carbocycles. The van der Waals surface area contributed by atoms with E-state index in [-0.39, 0.29) is 0 Å². The van der Waals surface area contributed by atoms with Crippen molar-refractivity contribution in [3.8, 4) is 0 Å². The molecule has 16 heavy (non-hydrogen) atoms. The van der Waals surface area contributed by atoms with Crippen LogP contribution in [0.3, 0.4) is 0 Å². The van der Waals surface area contributed by atoms with Gasteiger partial charge in [-0.3, -0.25) is 0 Å². The van der Waals surface area contributed by atoms with E-state index in [1.54, 1.807) is 0 Å². The fraction of sp³-hybridized carbons (Fsp3) is 0.429. The highest BCUT2D eigenvalue weighted by Crippen LogP contribution is 2.46. The van der Waals surface area contributed by atoms with Gasteiger partial charge in [-0.1, -0.05) is 30.7 Å². The molecule has 2 atom stereocenters. The lowest BCUT2D eigenvalue weighted by Gasteiger charge is -2.31. The zero-order valence-corrected chi connectivity index (χ0v) is 11.8. The zero-order chi connectivity index (χ0) is 12.8. The predicted octanol–water partition coefficient (Wildman–Crippen LogP) is 2.15. The Kier molecular flexibility index (Phi) is 3.73. The van der Waals surface area contributed by atoms with Gasteiger partial charge in [-0.2, -0.15) is 0 Å². The van der Waals surface area contributed by atoms with Crippen LogP contribution in [0.2, 0.25) is 0 Å². The van der Waals surface area contributed by atoms with E-state index in [0.29, 0.717) is 0 Å². The molecule has 0 bridgehead atoms. The van der Waals surface area contributed by atoms with E-state index >= 15 is 0 Å². The molecular formula is C7H7Cl3O4S2. The summed E-state index contributed by atoms with van der Waals surface area (Å²) in [6.45, 7) is 1.43. The quantitative estimate of drug-likeness (QED) is 0.576. The first-order valence-corrected chi connectivity index (χ1v) is 8.97. The van der Waals surface area contributed by atoms with Gasteiger partial charge in [-0.05, 0) is 6.08 Å². The van der Waals surface area contributed by atoms with Crippen LogP contribution in [0.15, 0.2) is 23.1 Å². The molecule has 0 aromatic rings. The third kappa shape index (κ3) is 2.26. The standard InChI is InChI=1S/C7H7Cl3O4S2/c1-5-3-2-4-6(15(9,11)12)7(5,8)16(10,13)14/h2-5H,1H3. The van der Waals surface area contributed by atoms with Gasteiger partial charge in [0.15, 0.2) is 0 Å². The molecule has 0 aromatic heterocycles. The van der Waals surface area contributed by atoms with Gasteiger partial charge < -0.3 is 0 Å². The Balaban J connectivity index is 3.59. The summed E-state index contributed by atoms with van der Waals surface area (Å²) in [5.74, 6) is -0.815. The number of hydrogen-bond acceptors (Lipinski definition) is 4. The Morgan fingerprint density at radius 3 is 2.06 bits per heavy atom. The van der Waals surface area contributed by atoms with Crippen LogP contribution in [0, 0.1) is 5.92 Å². The van der Waals surface area contributed by atoms with Crippen LogP contribution < -0.4 is 0 Å². The molecule has 0 spiro atoms. The van der Waals surface area contributed by atoms with E-state index in [1.165, 1.54) is 19.1 Å². The molecule has 9 heteroatoms. The van der Waals surface area contributed by atoms with Crippen molar-refractivity contribution in [2.75, 3.05) is 0 Å². The lowest BCUT2D eigenvalue weighted by Crippen LogP contribution is -2.40. The average Bonchev–Trinajstić information content (AvgIpc) is 2.05. The first kappa shape index (κ1) is 14.3. The zero-order valence-electron chi connectivity index (χ0n) is 7.89. The highest BCUT2D eigenvalue weighted by molar-refractivity contribution is 8.20. The molecule has 2 unspecified atom stereocenters. The molecule has 0 amide bonds. The van der Waals surface area contributed by atoms with Crippen molar-refractivity contribution >= 4 is 51.1 Å². The number of rotatable bonds is 2. The molecule has 1 aliphatic rings. The van der Waals surface area contributed by atoms with E-state index in [9.17, 15) is 16.8 Å². The fourth-order valence-electron chi connectivity index (χ4n) is 1.36. The second-order valence-corrected chi connectivity index (χ2v) is 9.32.